The first-order chi connectivity index (χ1) is 17.2. The maximum Gasteiger partial charge on any atom is 0.0938 e. The van der Waals surface area contributed by atoms with Gasteiger partial charge in [-0.15, -0.1) is 11.3 Å². The lowest BCUT2D eigenvalue weighted by Crippen LogP contribution is -2.54. The van der Waals surface area contributed by atoms with Gasteiger partial charge in [-0.3, -0.25) is 9.88 Å². The minimum Gasteiger partial charge on any atom is -0.394 e. The van der Waals surface area contributed by atoms with Gasteiger partial charge in [0.25, 0.3) is 0 Å². The molecule has 3 aromatic rings. The van der Waals surface area contributed by atoms with Crippen molar-refractivity contribution in [1.29, 1.82) is 0 Å². The van der Waals surface area contributed by atoms with E-state index in [0.717, 1.165) is 50.8 Å². The van der Waals surface area contributed by atoms with Crippen molar-refractivity contribution in [1.82, 2.24) is 14.8 Å². The summed E-state index contributed by atoms with van der Waals surface area (Å²) in [5, 5.41) is 11.4. The number of aryl methyl sites for hydroxylation is 2. The Morgan fingerprint density at radius 1 is 1.11 bits per heavy atom. The van der Waals surface area contributed by atoms with Crippen LogP contribution in [-0.2, 0) is 17.6 Å². The molecule has 3 heterocycles. The molecule has 1 fully saturated rings. The highest BCUT2D eigenvalue weighted by Crippen LogP contribution is 2.31. The number of pyridine rings is 1. The van der Waals surface area contributed by atoms with Gasteiger partial charge in [0.05, 0.1) is 30.9 Å². The number of aliphatic hydroxyl groups excluding tert-OH is 1. The van der Waals surface area contributed by atoms with Crippen LogP contribution >= 0.6 is 11.3 Å². The van der Waals surface area contributed by atoms with E-state index in [-0.39, 0.29) is 6.61 Å². The molecule has 2 aliphatic rings. The Bertz CT molecular complexity index is 1240. The molecule has 1 saturated heterocycles. The third-order valence-electron chi connectivity index (χ3n) is 7.05. The zero-order valence-corrected chi connectivity index (χ0v) is 21.3. The molecule has 0 amide bonds. The van der Waals surface area contributed by atoms with E-state index in [1.165, 1.54) is 31.8 Å². The number of hydrogen-bond donors (Lipinski definition) is 1. The molecule has 5 rings (SSSR count). The van der Waals surface area contributed by atoms with E-state index in [2.05, 4.69) is 65.3 Å². The first-order valence-corrected chi connectivity index (χ1v) is 13.5. The number of aliphatic hydroxyl groups is 1. The molecule has 0 saturated carbocycles. The Labute approximate surface area is 212 Å². The Morgan fingerprint density at radius 3 is 2.86 bits per heavy atom. The number of aromatic nitrogens is 1. The average Bonchev–Trinajstić information content (AvgIpc) is 3.18. The second kappa shape index (κ2) is 11.5. The number of hydrogen-bond acceptors (Lipinski definition) is 6. The molecule has 35 heavy (non-hydrogen) atoms. The minimum atomic E-state index is 0.0787. The molecule has 0 bridgehead atoms. The largest absolute Gasteiger partial charge is 0.394 e. The second-order valence-electron chi connectivity index (χ2n) is 9.39. The molecule has 1 aliphatic heterocycles. The molecule has 5 nitrogen and oxygen atoms in total. The van der Waals surface area contributed by atoms with E-state index in [4.69, 9.17) is 14.8 Å². The predicted octanol–water partition coefficient (Wildman–Crippen LogP) is 2.57. The fourth-order valence-electron chi connectivity index (χ4n) is 5.34. The molecular formula is C29H35N3O2S. The highest BCUT2D eigenvalue weighted by Gasteiger charge is 2.30. The molecule has 0 radical (unpaired) electrons. The maximum atomic E-state index is 9.07. The van der Waals surface area contributed by atoms with E-state index in [9.17, 15) is 0 Å². The van der Waals surface area contributed by atoms with Crippen LogP contribution < -0.4 is 10.6 Å². The van der Waals surface area contributed by atoms with E-state index in [1.54, 1.807) is 0 Å². The molecule has 6 heteroatoms. The molecule has 1 unspecified atom stereocenters. The average molecular weight is 490 g/mol. The fourth-order valence-corrected chi connectivity index (χ4v) is 6.33. The first-order valence-electron chi connectivity index (χ1n) is 12.7. The second-order valence-corrected chi connectivity index (χ2v) is 10.7. The number of thiophene rings is 1. The van der Waals surface area contributed by atoms with Crippen LogP contribution in [0.1, 0.15) is 27.3 Å². The van der Waals surface area contributed by atoms with Gasteiger partial charge < -0.3 is 14.7 Å². The quantitative estimate of drug-likeness (QED) is 0.468. The van der Waals surface area contributed by atoms with Gasteiger partial charge in [-0.1, -0.05) is 42.5 Å². The van der Waals surface area contributed by atoms with Gasteiger partial charge in [0.1, 0.15) is 0 Å². The first kappa shape index (κ1) is 24.2. The lowest BCUT2D eigenvalue weighted by atomic mass is 10.0. The SMILES string of the molecule is Cc1cc2c(s1)CC=c1cccnc1=C2N1CCN(CCOCCO)C(CCc2ccccc2)C1. The van der Waals surface area contributed by atoms with Gasteiger partial charge in [0.15, 0.2) is 0 Å². The van der Waals surface area contributed by atoms with E-state index >= 15 is 0 Å². The van der Waals surface area contributed by atoms with E-state index in [1.807, 2.05) is 23.6 Å². The van der Waals surface area contributed by atoms with Crippen molar-refractivity contribution in [2.24, 2.45) is 0 Å². The van der Waals surface area contributed by atoms with Gasteiger partial charge >= 0.3 is 0 Å². The van der Waals surface area contributed by atoms with Crippen LogP contribution in [0.5, 0.6) is 0 Å². The summed E-state index contributed by atoms with van der Waals surface area (Å²) in [5.74, 6) is 0. The summed E-state index contributed by atoms with van der Waals surface area (Å²) in [7, 11) is 0. The number of rotatable bonds is 9. The van der Waals surface area contributed by atoms with Gasteiger partial charge in [-0.25, -0.2) is 0 Å². The lowest BCUT2D eigenvalue weighted by Gasteiger charge is -2.43. The van der Waals surface area contributed by atoms with Crippen molar-refractivity contribution in [2.45, 2.75) is 32.2 Å². The zero-order chi connectivity index (χ0) is 24.0. The number of ether oxygens (including phenoxy) is 1. The van der Waals surface area contributed by atoms with Crippen LogP contribution in [0.15, 0.2) is 54.7 Å². The van der Waals surface area contributed by atoms with Crippen LogP contribution in [-0.4, -0.2) is 71.9 Å². The molecule has 0 spiro atoms. The number of benzene rings is 1. The third kappa shape index (κ3) is 5.67. The zero-order valence-electron chi connectivity index (χ0n) is 20.5. The number of fused-ring (bicyclic) bond motifs is 2. The molecule has 1 aliphatic carbocycles. The molecule has 1 atom stereocenters. The summed E-state index contributed by atoms with van der Waals surface area (Å²) < 4.78 is 5.63. The Balaban J connectivity index is 1.44. The van der Waals surface area contributed by atoms with Crippen molar-refractivity contribution < 1.29 is 9.84 Å². The molecule has 1 aromatic carbocycles. The van der Waals surface area contributed by atoms with Crippen LogP contribution in [0.25, 0.3) is 11.8 Å². The van der Waals surface area contributed by atoms with Gasteiger partial charge in [-0.05, 0) is 42.7 Å². The number of nitrogens with zero attached hydrogens (tertiary/aromatic N) is 3. The summed E-state index contributed by atoms with van der Waals surface area (Å²) in [6.07, 6.45) is 7.40. The molecule has 1 N–H and O–H groups in total. The molecule has 184 valence electrons. The molecule has 2 aromatic heterocycles. The van der Waals surface area contributed by atoms with Gasteiger partial charge in [0, 0.05) is 60.2 Å². The monoisotopic (exact) mass is 489 g/mol. The van der Waals surface area contributed by atoms with E-state index < -0.39 is 0 Å². The summed E-state index contributed by atoms with van der Waals surface area (Å²) >= 11 is 1.91. The molecular weight excluding hydrogens is 454 g/mol. The van der Waals surface area contributed by atoms with Crippen molar-refractivity contribution >= 4 is 23.1 Å². The maximum absolute atomic E-state index is 9.07. The van der Waals surface area contributed by atoms with Crippen molar-refractivity contribution in [2.75, 3.05) is 46.0 Å². The highest BCUT2D eigenvalue weighted by atomic mass is 32.1. The highest BCUT2D eigenvalue weighted by molar-refractivity contribution is 7.12. The minimum absolute atomic E-state index is 0.0787. The van der Waals surface area contributed by atoms with Crippen molar-refractivity contribution in [3.8, 4) is 0 Å². The Kier molecular flexibility index (Phi) is 7.94. The van der Waals surface area contributed by atoms with Crippen LogP contribution in [0.2, 0.25) is 0 Å². The standard InChI is InChI=1S/C29H35N3O2S/c1-22-20-26-27(35-22)12-10-24-8-5-13-30-28(24)29(26)32-15-14-31(16-18-34-19-17-33)25(21-32)11-9-23-6-3-2-4-7-23/h2-8,10,13,20,25,33H,9,11-12,14-19,21H2,1H3. The Hall–Kier alpha value is -2.51. The smallest absolute Gasteiger partial charge is 0.0938 e. The summed E-state index contributed by atoms with van der Waals surface area (Å²) in [4.78, 5) is 12.9. The summed E-state index contributed by atoms with van der Waals surface area (Å²) in [6, 6.07) is 17.8. The van der Waals surface area contributed by atoms with Gasteiger partial charge in [0.2, 0.25) is 0 Å². The summed E-state index contributed by atoms with van der Waals surface area (Å²) in [6.45, 7) is 7.20. The van der Waals surface area contributed by atoms with E-state index in [0.29, 0.717) is 19.3 Å². The van der Waals surface area contributed by atoms with Crippen molar-refractivity contribution in [3.05, 3.63) is 86.2 Å². The van der Waals surface area contributed by atoms with Crippen LogP contribution in [0.4, 0.5) is 0 Å². The topological polar surface area (TPSA) is 48.8 Å². The van der Waals surface area contributed by atoms with Crippen molar-refractivity contribution in [3.63, 3.8) is 0 Å². The van der Waals surface area contributed by atoms with Crippen LogP contribution in [0, 0.1) is 6.92 Å². The lowest BCUT2D eigenvalue weighted by molar-refractivity contribution is 0.0409. The van der Waals surface area contributed by atoms with Gasteiger partial charge in [-0.2, -0.15) is 0 Å². The normalized spacial score (nSPS) is 18.1. The Morgan fingerprint density at radius 2 is 2.00 bits per heavy atom. The third-order valence-corrected chi connectivity index (χ3v) is 8.12. The predicted molar refractivity (Wildman–Crippen MR) is 143 cm³/mol. The fraction of sp³-hybridized carbons (Fsp3) is 0.414. The number of piperazine rings is 1. The van der Waals surface area contributed by atoms with Crippen LogP contribution in [0.3, 0.4) is 0 Å². The summed E-state index contributed by atoms with van der Waals surface area (Å²) in [5.41, 5.74) is 4.05.